The smallest absolute Gasteiger partial charge is 0.273 e. The first-order chi connectivity index (χ1) is 9.78. The first-order valence-corrected chi connectivity index (χ1v) is 6.16. The SMILES string of the molecule is COc1cccc(-c2cc(=O)n(-c3ccccn3)[nH]2)c1. The van der Waals surface area contributed by atoms with Gasteiger partial charge in [-0.15, -0.1) is 0 Å². The Kier molecular flexibility index (Phi) is 3.09. The minimum atomic E-state index is -0.151. The quantitative estimate of drug-likeness (QED) is 0.791. The minimum Gasteiger partial charge on any atom is -0.497 e. The summed E-state index contributed by atoms with van der Waals surface area (Å²) in [7, 11) is 1.61. The summed E-state index contributed by atoms with van der Waals surface area (Å²) >= 11 is 0. The highest BCUT2D eigenvalue weighted by atomic mass is 16.5. The van der Waals surface area contributed by atoms with Crippen molar-refractivity contribution in [2.75, 3.05) is 7.11 Å². The lowest BCUT2D eigenvalue weighted by molar-refractivity contribution is 0.415. The second-order valence-electron chi connectivity index (χ2n) is 4.26. The summed E-state index contributed by atoms with van der Waals surface area (Å²) in [6.07, 6.45) is 1.65. The Morgan fingerprint density at radius 2 is 2.05 bits per heavy atom. The van der Waals surface area contributed by atoms with Crippen molar-refractivity contribution in [1.29, 1.82) is 0 Å². The molecule has 5 heteroatoms. The van der Waals surface area contributed by atoms with E-state index in [-0.39, 0.29) is 5.56 Å². The standard InChI is InChI=1S/C15H13N3O2/c1-20-12-6-4-5-11(9-12)13-10-15(19)18(17-13)14-7-2-3-8-16-14/h2-10,17H,1H3. The summed E-state index contributed by atoms with van der Waals surface area (Å²) in [4.78, 5) is 16.2. The first-order valence-electron chi connectivity index (χ1n) is 6.16. The molecule has 2 heterocycles. The van der Waals surface area contributed by atoms with Gasteiger partial charge >= 0.3 is 0 Å². The molecule has 3 aromatic rings. The van der Waals surface area contributed by atoms with E-state index in [1.807, 2.05) is 30.3 Å². The predicted octanol–water partition coefficient (Wildman–Crippen LogP) is 2.24. The molecule has 1 aromatic carbocycles. The van der Waals surface area contributed by atoms with Crippen LogP contribution in [0.1, 0.15) is 0 Å². The molecule has 20 heavy (non-hydrogen) atoms. The summed E-state index contributed by atoms with van der Waals surface area (Å²) in [6, 6.07) is 14.5. The van der Waals surface area contributed by atoms with Gasteiger partial charge in [0.25, 0.3) is 5.56 Å². The fraction of sp³-hybridized carbons (Fsp3) is 0.0667. The predicted molar refractivity (Wildman–Crippen MR) is 76.2 cm³/mol. The number of aromatic amines is 1. The second-order valence-corrected chi connectivity index (χ2v) is 4.26. The molecular formula is C15H13N3O2. The summed E-state index contributed by atoms with van der Waals surface area (Å²) in [5.74, 6) is 1.31. The molecule has 0 unspecified atom stereocenters. The van der Waals surface area contributed by atoms with E-state index in [1.165, 1.54) is 4.68 Å². The molecule has 0 spiro atoms. The highest BCUT2D eigenvalue weighted by molar-refractivity contribution is 5.60. The van der Waals surface area contributed by atoms with Crippen LogP contribution in [0.25, 0.3) is 17.1 Å². The zero-order valence-electron chi connectivity index (χ0n) is 10.9. The van der Waals surface area contributed by atoms with Gasteiger partial charge in [-0.1, -0.05) is 18.2 Å². The number of nitrogens with one attached hydrogen (secondary N) is 1. The number of aromatic nitrogens is 3. The van der Waals surface area contributed by atoms with Crippen LogP contribution in [0.5, 0.6) is 5.75 Å². The van der Waals surface area contributed by atoms with Crippen LogP contribution in [0.2, 0.25) is 0 Å². The van der Waals surface area contributed by atoms with Crippen LogP contribution in [-0.2, 0) is 0 Å². The molecule has 0 aliphatic carbocycles. The average molecular weight is 267 g/mol. The van der Waals surface area contributed by atoms with Crippen LogP contribution in [-0.4, -0.2) is 21.9 Å². The van der Waals surface area contributed by atoms with Crippen LogP contribution >= 0.6 is 0 Å². The van der Waals surface area contributed by atoms with E-state index in [0.717, 1.165) is 17.0 Å². The normalized spacial score (nSPS) is 10.4. The lowest BCUT2D eigenvalue weighted by Crippen LogP contribution is -2.14. The summed E-state index contributed by atoms with van der Waals surface area (Å²) in [5.41, 5.74) is 1.46. The maximum atomic E-state index is 12.0. The largest absolute Gasteiger partial charge is 0.497 e. The lowest BCUT2D eigenvalue weighted by atomic mass is 10.1. The van der Waals surface area contributed by atoms with Gasteiger partial charge in [0.15, 0.2) is 5.82 Å². The molecule has 0 aliphatic heterocycles. The molecule has 0 fully saturated rings. The fourth-order valence-corrected chi connectivity index (χ4v) is 1.99. The number of nitrogens with zero attached hydrogens (tertiary/aromatic N) is 2. The van der Waals surface area contributed by atoms with Crippen molar-refractivity contribution >= 4 is 0 Å². The summed E-state index contributed by atoms with van der Waals surface area (Å²) in [5, 5.41) is 3.05. The van der Waals surface area contributed by atoms with Gasteiger partial charge in [-0.25, -0.2) is 9.67 Å². The molecule has 0 saturated carbocycles. The second kappa shape index (κ2) is 5.05. The Hall–Kier alpha value is -2.82. The van der Waals surface area contributed by atoms with Crippen LogP contribution in [0, 0.1) is 0 Å². The molecule has 1 N–H and O–H groups in total. The van der Waals surface area contributed by atoms with Crippen LogP contribution < -0.4 is 10.3 Å². The zero-order chi connectivity index (χ0) is 13.9. The van der Waals surface area contributed by atoms with Crippen LogP contribution in [0.15, 0.2) is 59.5 Å². The Morgan fingerprint density at radius 1 is 1.15 bits per heavy atom. The third-order valence-electron chi connectivity index (χ3n) is 2.98. The van der Waals surface area contributed by atoms with E-state index < -0.39 is 0 Å². The van der Waals surface area contributed by atoms with E-state index >= 15 is 0 Å². The van der Waals surface area contributed by atoms with E-state index in [2.05, 4.69) is 10.1 Å². The number of rotatable bonds is 3. The molecule has 0 radical (unpaired) electrons. The van der Waals surface area contributed by atoms with Gasteiger partial charge in [-0.05, 0) is 24.3 Å². The van der Waals surface area contributed by atoms with Gasteiger partial charge in [0, 0.05) is 17.8 Å². The summed E-state index contributed by atoms with van der Waals surface area (Å²) in [6.45, 7) is 0. The molecule has 5 nitrogen and oxygen atoms in total. The number of methoxy groups -OCH3 is 1. The Balaban J connectivity index is 2.07. The molecule has 2 aromatic heterocycles. The van der Waals surface area contributed by atoms with Crippen LogP contribution in [0.3, 0.4) is 0 Å². The zero-order valence-corrected chi connectivity index (χ0v) is 10.9. The third-order valence-corrected chi connectivity index (χ3v) is 2.98. The molecule has 3 rings (SSSR count). The molecule has 0 amide bonds. The molecular weight excluding hydrogens is 254 g/mol. The maximum Gasteiger partial charge on any atom is 0.273 e. The molecule has 0 bridgehead atoms. The van der Waals surface area contributed by atoms with Gasteiger partial charge in [-0.3, -0.25) is 9.89 Å². The van der Waals surface area contributed by atoms with Gasteiger partial charge in [0.1, 0.15) is 5.75 Å². The maximum absolute atomic E-state index is 12.0. The van der Waals surface area contributed by atoms with Gasteiger partial charge < -0.3 is 4.74 Å². The molecule has 0 atom stereocenters. The van der Waals surface area contributed by atoms with Crippen molar-refractivity contribution < 1.29 is 4.74 Å². The Labute approximate surface area is 115 Å². The summed E-state index contributed by atoms with van der Waals surface area (Å²) < 4.78 is 6.60. The number of hydrogen-bond acceptors (Lipinski definition) is 3. The molecule has 100 valence electrons. The number of H-pyrrole nitrogens is 1. The highest BCUT2D eigenvalue weighted by Gasteiger charge is 2.08. The Morgan fingerprint density at radius 3 is 2.80 bits per heavy atom. The van der Waals surface area contributed by atoms with E-state index in [4.69, 9.17) is 4.74 Å². The van der Waals surface area contributed by atoms with E-state index in [0.29, 0.717) is 5.82 Å². The first kappa shape index (κ1) is 12.2. The van der Waals surface area contributed by atoms with Crippen molar-refractivity contribution in [3.63, 3.8) is 0 Å². The minimum absolute atomic E-state index is 0.151. The number of benzene rings is 1. The van der Waals surface area contributed by atoms with Crippen molar-refractivity contribution in [2.24, 2.45) is 0 Å². The van der Waals surface area contributed by atoms with Crippen molar-refractivity contribution in [3.05, 3.63) is 65.1 Å². The van der Waals surface area contributed by atoms with Crippen molar-refractivity contribution in [2.45, 2.75) is 0 Å². The van der Waals surface area contributed by atoms with Gasteiger partial charge in [0.05, 0.1) is 12.8 Å². The number of ether oxygens (including phenoxy) is 1. The number of hydrogen-bond donors (Lipinski definition) is 1. The third kappa shape index (κ3) is 2.21. The van der Waals surface area contributed by atoms with E-state index in [9.17, 15) is 4.79 Å². The highest BCUT2D eigenvalue weighted by Crippen LogP contribution is 2.21. The Bertz CT molecular complexity index is 775. The fourth-order valence-electron chi connectivity index (χ4n) is 1.99. The van der Waals surface area contributed by atoms with Crippen LogP contribution in [0.4, 0.5) is 0 Å². The monoisotopic (exact) mass is 267 g/mol. The topological polar surface area (TPSA) is 59.9 Å². The van der Waals surface area contributed by atoms with E-state index in [1.54, 1.807) is 31.5 Å². The van der Waals surface area contributed by atoms with Gasteiger partial charge in [0.2, 0.25) is 0 Å². The lowest BCUT2D eigenvalue weighted by Gasteiger charge is -2.03. The number of pyridine rings is 1. The molecule has 0 aliphatic rings. The average Bonchev–Trinajstić information content (AvgIpc) is 2.90. The van der Waals surface area contributed by atoms with Gasteiger partial charge in [-0.2, -0.15) is 0 Å². The molecule has 0 saturated heterocycles. The van der Waals surface area contributed by atoms with Crippen molar-refractivity contribution in [1.82, 2.24) is 14.8 Å². The van der Waals surface area contributed by atoms with Crippen molar-refractivity contribution in [3.8, 4) is 22.8 Å².